The number of hydrogen-bond acceptors (Lipinski definition) is 5. The van der Waals surface area contributed by atoms with E-state index in [0.29, 0.717) is 6.54 Å². The van der Waals surface area contributed by atoms with E-state index in [4.69, 9.17) is 4.74 Å². The predicted molar refractivity (Wildman–Crippen MR) is 119 cm³/mol. The van der Waals surface area contributed by atoms with E-state index in [0.717, 1.165) is 11.1 Å². The van der Waals surface area contributed by atoms with Crippen LogP contribution >= 0.6 is 0 Å². The third kappa shape index (κ3) is 4.81. The van der Waals surface area contributed by atoms with Crippen LogP contribution in [0.15, 0.2) is 90.0 Å². The standard InChI is InChI=1S/C24H20N4O4/c29-22(26-14-17-8-3-1-4-9-17)19-12-7-13-28-21(19)25-15-20(23(28)30)27-24(31)32-16-18-10-5-2-6-11-18/h1-13,15H,14,16H2,(H,26,29)(H,27,31). The van der Waals surface area contributed by atoms with E-state index in [1.54, 1.807) is 12.1 Å². The van der Waals surface area contributed by atoms with Crippen LogP contribution in [0.2, 0.25) is 0 Å². The van der Waals surface area contributed by atoms with Gasteiger partial charge in [-0.2, -0.15) is 0 Å². The average molecular weight is 428 g/mol. The molecule has 0 unspecified atom stereocenters. The van der Waals surface area contributed by atoms with Gasteiger partial charge in [-0.05, 0) is 23.3 Å². The van der Waals surface area contributed by atoms with Crippen molar-refractivity contribution in [2.24, 2.45) is 0 Å². The van der Waals surface area contributed by atoms with Gasteiger partial charge in [0.2, 0.25) is 0 Å². The SMILES string of the molecule is O=C(Nc1cnc2c(C(=O)NCc3ccccc3)cccn2c1=O)OCc1ccccc1. The summed E-state index contributed by atoms with van der Waals surface area (Å²) in [6, 6.07) is 21.8. The molecule has 0 bridgehead atoms. The second-order valence-corrected chi connectivity index (χ2v) is 6.95. The van der Waals surface area contributed by atoms with Crippen LogP contribution in [0, 0.1) is 0 Å². The molecular formula is C24H20N4O4. The average Bonchev–Trinajstić information content (AvgIpc) is 2.84. The van der Waals surface area contributed by atoms with Crippen molar-refractivity contribution in [1.29, 1.82) is 0 Å². The maximum atomic E-state index is 12.8. The number of aromatic nitrogens is 2. The largest absolute Gasteiger partial charge is 0.444 e. The molecule has 32 heavy (non-hydrogen) atoms. The van der Waals surface area contributed by atoms with Crippen molar-refractivity contribution >= 4 is 23.3 Å². The maximum absolute atomic E-state index is 12.8. The van der Waals surface area contributed by atoms with Gasteiger partial charge >= 0.3 is 6.09 Å². The van der Waals surface area contributed by atoms with Gasteiger partial charge in [-0.3, -0.25) is 19.3 Å². The Morgan fingerprint density at radius 2 is 1.59 bits per heavy atom. The maximum Gasteiger partial charge on any atom is 0.412 e. The zero-order valence-electron chi connectivity index (χ0n) is 17.0. The molecule has 0 radical (unpaired) electrons. The molecular weight excluding hydrogens is 408 g/mol. The first kappa shape index (κ1) is 20.8. The number of benzene rings is 2. The van der Waals surface area contributed by atoms with E-state index in [1.165, 1.54) is 16.8 Å². The van der Waals surface area contributed by atoms with E-state index in [-0.39, 0.29) is 29.4 Å². The minimum Gasteiger partial charge on any atom is -0.444 e. The van der Waals surface area contributed by atoms with Crippen molar-refractivity contribution in [3.8, 4) is 0 Å². The van der Waals surface area contributed by atoms with Gasteiger partial charge in [0.05, 0.1) is 11.8 Å². The molecule has 0 aliphatic rings. The normalized spacial score (nSPS) is 10.5. The Morgan fingerprint density at radius 3 is 2.31 bits per heavy atom. The number of rotatable bonds is 6. The second kappa shape index (κ2) is 9.57. The number of hydrogen-bond donors (Lipinski definition) is 2. The summed E-state index contributed by atoms with van der Waals surface area (Å²) >= 11 is 0. The van der Waals surface area contributed by atoms with Gasteiger partial charge in [0.15, 0.2) is 5.65 Å². The quantitative estimate of drug-likeness (QED) is 0.490. The molecule has 2 heterocycles. The molecule has 160 valence electrons. The number of fused-ring (bicyclic) bond motifs is 1. The number of amides is 2. The topological polar surface area (TPSA) is 102 Å². The molecule has 0 atom stereocenters. The summed E-state index contributed by atoms with van der Waals surface area (Å²) < 4.78 is 6.36. The first-order valence-corrected chi connectivity index (χ1v) is 9.92. The van der Waals surface area contributed by atoms with Crippen molar-refractivity contribution in [1.82, 2.24) is 14.7 Å². The smallest absolute Gasteiger partial charge is 0.412 e. The Bertz CT molecular complexity index is 1300. The molecule has 2 aromatic carbocycles. The summed E-state index contributed by atoms with van der Waals surface area (Å²) in [6.07, 6.45) is 1.93. The minimum atomic E-state index is -0.774. The van der Waals surface area contributed by atoms with Gasteiger partial charge in [0, 0.05) is 12.7 Å². The molecule has 2 aromatic heterocycles. The third-order valence-electron chi connectivity index (χ3n) is 4.72. The van der Waals surface area contributed by atoms with Crippen LogP contribution in [0.5, 0.6) is 0 Å². The molecule has 2 amide bonds. The number of ether oxygens (including phenoxy) is 1. The van der Waals surface area contributed by atoms with Crippen LogP contribution in [-0.2, 0) is 17.9 Å². The molecule has 2 N–H and O–H groups in total. The molecule has 0 aliphatic carbocycles. The molecule has 4 rings (SSSR count). The lowest BCUT2D eigenvalue weighted by atomic mass is 10.2. The van der Waals surface area contributed by atoms with E-state index < -0.39 is 11.7 Å². The highest BCUT2D eigenvalue weighted by Crippen LogP contribution is 2.10. The highest BCUT2D eigenvalue weighted by atomic mass is 16.5. The predicted octanol–water partition coefficient (Wildman–Crippen LogP) is 3.37. The highest BCUT2D eigenvalue weighted by molar-refractivity contribution is 5.99. The van der Waals surface area contributed by atoms with Gasteiger partial charge in [0.1, 0.15) is 12.3 Å². The van der Waals surface area contributed by atoms with Crippen LogP contribution in [-0.4, -0.2) is 21.4 Å². The molecule has 8 heteroatoms. The summed E-state index contributed by atoms with van der Waals surface area (Å²) in [5.41, 5.74) is 1.63. The number of nitrogens with one attached hydrogen (secondary N) is 2. The number of pyridine rings is 1. The zero-order valence-corrected chi connectivity index (χ0v) is 17.0. The summed E-state index contributed by atoms with van der Waals surface area (Å²) in [6.45, 7) is 0.415. The summed E-state index contributed by atoms with van der Waals surface area (Å²) in [5, 5.41) is 5.23. The van der Waals surface area contributed by atoms with Crippen molar-refractivity contribution in [2.45, 2.75) is 13.2 Å². The van der Waals surface area contributed by atoms with Crippen LogP contribution in [0.4, 0.5) is 10.5 Å². The first-order valence-electron chi connectivity index (χ1n) is 9.92. The Balaban J connectivity index is 1.48. The fraction of sp³-hybridized carbons (Fsp3) is 0.0833. The molecule has 8 nitrogen and oxygen atoms in total. The summed E-state index contributed by atoms with van der Waals surface area (Å²) in [5.74, 6) is -0.359. The van der Waals surface area contributed by atoms with Gasteiger partial charge in [-0.15, -0.1) is 0 Å². The lowest BCUT2D eigenvalue weighted by Gasteiger charge is -2.10. The van der Waals surface area contributed by atoms with Gasteiger partial charge in [-0.25, -0.2) is 9.78 Å². The van der Waals surface area contributed by atoms with Crippen molar-refractivity contribution < 1.29 is 14.3 Å². The number of carbonyl (C=O) groups is 2. The first-order chi connectivity index (χ1) is 15.6. The summed E-state index contributed by atoms with van der Waals surface area (Å²) in [4.78, 5) is 41.8. The van der Waals surface area contributed by atoms with Crippen molar-refractivity contribution in [3.63, 3.8) is 0 Å². The van der Waals surface area contributed by atoms with Crippen LogP contribution < -0.4 is 16.2 Å². The fourth-order valence-corrected chi connectivity index (χ4v) is 3.11. The molecule has 0 saturated carbocycles. The lowest BCUT2D eigenvalue weighted by molar-refractivity contribution is 0.0952. The molecule has 0 aliphatic heterocycles. The molecule has 0 spiro atoms. The second-order valence-electron chi connectivity index (χ2n) is 6.95. The van der Waals surface area contributed by atoms with Crippen molar-refractivity contribution in [2.75, 3.05) is 5.32 Å². The molecule has 0 fully saturated rings. The van der Waals surface area contributed by atoms with E-state index in [1.807, 2.05) is 60.7 Å². The zero-order chi connectivity index (χ0) is 22.3. The number of nitrogens with zero attached hydrogens (tertiary/aromatic N) is 2. The molecule has 0 saturated heterocycles. The molecule has 4 aromatic rings. The van der Waals surface area contributed by atoms with Crippen LogP contribution in [0.3, 0.4) is 0 Å². The van der Waals surface area contributed by atoms with E-state index in [9.17, 15) is 14.4 Å². The Kier molecular flexibility index (Phi) is 6.22. The van der Waals surface area contributed by atoms with Gasteiger partial charge < -0.3 is 10.1 Å². The van der Waals surface area contributed by atoms with E-state index in [2.05, 4.69) is 15.6 Å². The fourth-order valence-electron chi connectivity index (χ4n) is 3.11. The third-order valence-corrected chi connectivity index (χ3v) is 4.72. The van der Waals surface area contributed by atoms with Crippen molar-refractivity contribution in [3.05, 3.63) is 112 Å². The van der Waals surface area contributed by atoms with Gasteiger partial charge in [0.25, 0.3) is 11.5 Å². The lowest BCUT2D eigenvalue weighted by Crippen LogP contribution is -2.27. The van der Waals surface area contributed by atoms with Crippen LogP contribution in [0.25, 0.3) is 5.65 Å². The monoisotopic (exact) mass is 428 g/mol. The van der Waals surface area contributed by atoms with E-state index >= 15 is 0 Å². The van der Waals surface area contributed by atoms with Crippen LogP contribution in [0.1, 0.15) is 21.5 Å². The highest BCUT2D eigenvalue weighted by Gasteiger charge is 2.15. The Hall–Kier alpha value is -4.46. The Morgan fingerprint density at radius 1 is 0.906 bits per heavy atom. The summed E-state index contributed by atoms with van der Waals surface area (Å²) in [7, 11) is 0. The van der Waals surface area contributed by atoms with Gasteiger partial charge in [-0.1, -0.05) is 60.7 Å². The minimum absolute atomic E-state index is 0.0533. The number of anilines is 1. The Labute approximate surface area is 183 Å². The number of carbonyl (C=O) groups excluding carboxylic acids is 2.